The molecule has 0 atom stereocenters. The highest BCUT2D eigenvalue weighted by molar-refractivity contribution is 5.64. The van der Waals surface area contributed by atoms with E-state index in [1.165, 1.54) is 19.1 Å². The van der Waals surface area contributed by atoms with Crippen LogP contribution in [0, 0.1) is 18.6 Å². The van der Waals surface area contributed by atoms with Gasteiger partial charge in [-0.15, -0.1) is 0 Å². The van der Waals surface area contributed by atoms with Crippen LogP contribution >= 0.6 is 0 Å². The molecule has 4 heteroatoms. The van der Waals surface area contributed by atoms with Gasteiger partial charge in [-0.05, 0) is 42.2 Å². The SMILES string of the molecule is CCc1cccc(-c2cc(F)c(C)c(F)c2)c1.O=CO. The zero-order chi connectivity index (χ0) is 15.1. The summed E-state index contributed by atoms with van der Waals surface area (Å²) in [5, 5.41) is 6.89. The first-order valence-corrected chi connectivity index (χ1v) is 6.16. The molecule has 0 amide bonds. The molecule has 20 heavy (non-hydrogen) atoms. The van der Waals surface area contributed by atoms with Crippen molar-refractivity contribution >= 4 is 6.47 Å². The number of aryl methyl sites for hydroxylation is 1. The summed E-state index contributed by atoms with van der Waals surface area (Å²) in [5.74, 6) is -0.996. The number of hydrogen-bond acceptors (Lipinski definition) is 1. The molecule has 2 nitrogen and oxygen atoms in total. The normalized spacial score (nSPS) is 9.60. The first-order chi connectivity index (χ1) is 9.53. The third-order valence-electron chi connectivity index (χ3n) is 2.95. The third kappa shape index (κ3) is 3.88. The van der Waals surface area contributed by atoms with Crippen LogP contribution in [-0.2, 0) is 11.2 Å². The smallest absolute Gasteiger partial charge is 0.290 e. The van der Waals surface area contributed by atoms with Gasteiger partial charge in [0.15, 0.2) is 0 Å². The van der Waals surface area contributed by atoms with E-state index >= 15 is 0 Å². The van der Waals surface area contributed by atoms with Gasteiger partial charge in [-0.25, -0.2) is 8.78 Å². The molecule has 1 N–H and O–H groups in total. The predicted molar refractivity (Wildman–Crippen MR) is 74.6 cm³/mol. The van der Waals surface area contributed by atoms with Gasteiger partial charge in [0.25, 0.3) is 6.47 Å². The van der Waals surface area contributed by atoms with Crippen LogP contribution in [0.25, 0.3) is 11.1 Å². The third-order valence-corrected chi connectivity index (χ3v) is 2.95. The van der Waals surface area contributed by atoms with E-state index in [1.807, 2.05) is 24.3 Å². The van der Waals surface area contributed by atoms with Gasteiger partial charge in [0.2, 0.25) is 0 Å². The maximum Gasteiger partial charge on any atom is 0.290 e. The van der Waals surface area contributed by atoms with Crippen molar-refractivity contribution in [2.75, 3.05) is 0 Å². The summed E-state index contributed by atoms with van der Waals surface area (Å²) < 4.78 is 26.9. The van der Waals surface area contributed by atoms with E-state index in [9.17, 15) is 8.78 Å². The first kappa shape index (κ1) is 15.8. The monoisotopic (exact) mass is 278 g/mol. The average Bonchev–Trinajstić information content (AvgIpc) is 2.45. The highest BCUT2D eigenvalue weighted by Gasteiger charge is 2.08. The summed E-state index contributed by atoms with van der Waals surface area (Å²) in [6.45, 7) is 3.24. The van der Waals surface area contributed by atoms with Crippen LogP contribution < -0.4 is 0 Å². The fourth-order valence-corrected chi connectivity index (χ4v) is 1.78. The summed E-state index contributed by atoms with van der Waals surface area (Å²) >= 11 is 0. The van der Waals surface area contributed by atoms with Crippen LogP contribution in [0.4, 0.5) is 8.78 Å². The van der Waals surface area contributed by atoms with Gasteiger partial charge < -0.3 is 5.11 Å². The summed E-state index contributed by atoms with van der Waals surface area (Å²) in [5.41, 5.74) is 2.66. The Morgan fingerprint density at radius 1 is 1.10 bits per heavy atom. The lowest BCUT2D eigenvalue weighted by molar-refractivity contribution is -0.122. The molecule has 0 radical (unpaired) electrons. The van der Waals surface area contributed by atoms with Crippen LogP contribution in [0.2, 0.25) is 0 Å². The largest absolute Gasteiger partial charge is 0.483 e. The molecule has 0 saturated heterocycles. The standard InChI is InChI=1S/C15H14F2.CH2O2/c1-3-11-5-4-6-12(7-11)13-8-14(16)10(2)15(17)9-13;2-1-3/h4-9H,3H2,1-2H3;1H,(H,2,3). The molecular formula is C16H16F2O2. The van der Waals surface area contributed by atoms with E-state index < -0.39 is 11.6 Å². The highest BCUT2D eigenvalue weighted by atomic mass is 19.1. The van der Waals surface area contributed by atoms with Crippen LogP contribution in [0.15, 0.2) is 36.4 Å². The molecular weight excluding hydrogens is 262 g/mol. The molecule has 0 unspecified atom stereocenters. The summed E-state index contributed by atoms with van der Waals surface area (Å²) in [7, 11) is 0. The van der Waals surface area contributed by atoms with Gasteiger partial charge in [-0.1, -0.05) is 31.2 Å². The molecule has 0 aliphatic carbocycles. The number of benzene rings is 2. The predicted octanol–water partition coefficient (Wildman–Crippen LogP) is 4.20. The van der Waals surface area contributed by atoms with Gasteiger partial charge in [-0.2, -0.15) is 0 Å². The van der Waals surface area contributed by atoms with E-state index in [1.54, 1.807) is 0 Å². The van der Waals surface area contributed by atoms with Crippen molar-refractivity contribution in [3.63, 3.8) is 0 Å². The second kappa shape index (κ2) is 7.38. The fraction of sp³-hybridized carbons (Fsp3) is 0.188. The topological polar surface area (TPSA) is 37.3 Å². The van der Waals surface area contributed by atoms with Crippen LogP contribution in [0.3, 0.4) is 0 Å². The maximum atomic E-state index is 13.5. The van der Waals surface area contributed by atoms with E-state index in [2.05, 4.69) is 6.92 Å². The van der Waals surface area contributed by atoms with Crippen molar-refractivity contribution in [3.05, 3.63) is 59.2 Å². The molecule has 0 aromatic heterocycles. The maximum absolute atomic E-state index is 13.5. The minimum Gasteiger partial charge on any atom is -0.483 e. The highest BCUT2D eigenvalue weighted by Crippen LogP contribution is 2.24. The molecule has 0 heterocycles. The Kier molecular flexibility index (Phi) is 5.84. The van der Waals surface area contributed by atoms with Gasteiger partial charge in [0, 0.05) is 5.56 Å². The lowest BCUT2D eigenvalue weighted by atomic mass is 10.0. The Morgan fingerprint density at radius 3 is 2.15 bits per heavy atom. The van der Waals surface area contributed by atoms with Gasteiger partial charge in [0.05, 0.1) is 0 Å². The summed E-state index contributed by atoms with van der Waals surface area (Å²) in [6.07, 6.45) is 0.907. The molecule has 0 fully saturated rings. The molecule has 2 aromatic rings. The van der Waals surface area contributed by atoms with E-state index in [4.69, 9.17) is 9.90 Å². The van der Waals surface area contributed by atoms with Gasteiger partial charge >= 0.3 is 0 Å². The van der Waals surface area contributed by atoms with Gasteiger partial charge in [0.1, 0.15) is 11.6 Å². The molecule has 2 rings (SSSR count). The molecule has 0 spiro atoms. The Balaban J connectivity index is 0.000000612. The van der Waals surface area contributed by atoms with Crippen molar-refractivity contribution in [1.29, 1.82) is 0 Å². The number of carbonyl (C=O) groups is 1. The molecule has 2 aromatic carbocycles. The second-order valence-corrected chi connectivity index (χ2v) is 4.22. The quantitative estimate of drug-likeness (QED) is 0.836. The summed E-state index contributed by atoms with van der Waals surface area (Å²) in [6, 6.07) is 10.5. The van der Waals surface area contributed by atoms with E-state index in [-0.39, 0.29) is 12.0 Å². The Bertz CT molecular complexity index is 572. The van der Waals surface area contributed by atoms with Crippen molar-refractivity contribution in [2.24, 2.45) is 0 Å². The van der Waals surface area contributed by atoms with Crippen molar-refractivity contribution in [3.8, 4) is 11.1 Å². The second-order valence-electron chi connectivity index (χ2n) is 4.22. The van der Waals surface area contributed by atoms with Crippen LogP contribution in [-0.4, -0.2) is 11.6 Å². The molecule has 106 valence electrons. The molecule has 0 aliphatic heterocycles. The minimum atomic E-state index is -0.498. The fourth-order valence-electron chi connectivity index (χ4n) is 1.78. The average molecular weight is 278 g/mol. The molecule has 0 bridgehead atoms. The number of hydrogen-bond donors (Lipinski definition) is 1. The Morgan fingerprint density at radius 2 is 1.65 bits per heavy atom. The lowest BCUT2D eigenvalue weighted by Gasteiger charge is -2.06. The number of rotatable bonds is 2. The minimum absolute atomic E-state index is 0.0698. The van der Waals surface area contributed by atoms with Crippen molar-refractivity contribution in [1.82, 2.24) is 0 Å². The van der Waals surface area contributed by atoms with Crippen molar-refractivity contribution in [2.45, 2.75) is 20.3 Å². The number of carboxylic acid groups (broad SMARTS) is 1. The van der Waals surface area contributed by atoms with Crippen molar-refractivity contribution < 1.29 is 18.7 Å². The van der Waals surface area contributed by atoms with E-state index in [0.29, 0.717) is 5.56 Å². The van der Waals surface area contributed by atoms with Crippen LogP contribution in [0.1, 0.15) is 18.1 Å². The lowest BCUT2D eigenvalue weighted by Crippen LogP contribution is -1.91. The summed E-state index contributed by atoms with van der Waals surface area (Å²) in [4.78, 5) is 8.36. The Hall–Kier alpha value is -2.23. The Labute approximate surface area is 116 Å². The van der Waals surface area contributed by atoms with Crippen LogP contribution in [0.5, 0.6) is 0 Å². The zero-order valence-electron chi connectivity index (χ0n) is 11.4. The van der Waals surface area contributed by atoms with Gasteiger partial charge in [-0.3, -0.25) is 4.79 Å². The zero-order valence-corrected chi connectivity index (χ0v) is 11.4. The molecule has 0 saturated carbocycles. The number of halogens is 2. The van der Waals surface area contributed by atoms with E-state index in [0.717, 1.165) is 17.5 Å². The first-order valence-electron chi connectivity index (χ1n) is 6.16. The molecule has 0 aliphatic rings.